The van der Waals surface area contributed by atoms with Crippen LogP contribution in [0.25, 0.3) is 0 Å². The van der Waals surface area contributed by atoms with Crippen LogP contribution in [0.1, 0.15) is 12.8 Å². The number of aliphatic hydroxyl groups is 1. The smallest absolute Gasteiger partial charge is 0.508 e. The highest BCUT2D eigenvalue weighted by Crippen LogP contribution is 2.50. The minimum atomic E-state index is -1.16. The summed E-state index contributed by atoms with van der Waals surface area (Å²) in [6, 6.07) is 0. The number of carbonyl (C=O) groups is 2. The molecule has 3 aliphatic rings. The van der Waals surface area contributed by atoms with Crippen LogP contribution < -0.4 is 0 Å². The molecule has 96 valence electrons. The maximum atomic E-state index is 11.2. The van der Waals surface area contributed by atoms with Gasteiger partial charge in [0.1, 0.15) is 18.5 Å². The van der Waals surface area contributed by atoms with E-state index in [1.165, 1.54) is 0 Å². The second-order valence-corrected chi connectivity index (χ2v) is 4.90. The lowest BCUT2D eigenvalue weighted by Crippen LogP contribution is -2.55. The Kier molecular flexibility index (Phi) is 2.17. The highest BCUT2D eigenvalue weighted by atomic mass is 16.7. The van der Waals surface area contributed by atoms with Gasteiger partial charge in [0.25, 0.3) is 0 Å². The second-order valence-electron chi connectivity index (χ2n) is 4.90. The Hall–Kier alpha value is -1.98. The fraction of sp³-hybridized carbons (Fsp3) is 0.500. The van der Waals surface area contributed by atoms with Crippen molar-refractivity contribution in [3.8, 4) is 0 Å². The number of aliphatic carboxylic acids is 1. The van der Waals surface area contributed by atoms with Crippen molar-refractivity contribution in [2.75, 3.05) is 6.61 Å². The Bertz CT molecular complexity index is 491. The van der Waals surface area contributed by atoms with Crippen molar-refractivity contribution < 1.29 is 29.3 Å². The summed E-state index contributed by atoms with van der Waals surface area (Å²) in [6.45, 7) is 0.112. The average molecular weight is 252 g/mol. The predicted octanol–water partition coefficient (Wildman–Crippen LogP) is 1.38. The van der Waals surface area contributed by atoms with Gasteiger partial charge in [0.15, 0.2) is 0 Å². The molecule has 3 atom stereocenters. The summed E-state index contributed by atoms with van der Waals surface area (Å²) in [7, 11) is 0. The highest BCUT2D eigenvalue weighted by Gasteiger charge is 2.56. The number of carboxylic acids is 1. The molecule has 18 heavy (non-hydrogen) atoms. The first-order chi connectivity index (χ1) is 8.53. The normalized spacial score (nSPS) is 37.7. The van der Waals surface area contributed by atoms with Crippen molar-refractivity contribution in [3.05, 3.63) is 23.5 Å². The van der Waals surface area contributed by atoms with Crippen molar-refractivity contribution in [3.63, 3.8) is 0 Å². The van der Waals surface area contributed by atoms with Gasteiger partial charge >= 0.3 is 12.1 Å². The Labute approximate surface area is 102 Å². The largest absolute Gasteiger partial charge is 0.512 e. The fourth-order valence-corrected chi connectivity index (χ4v) is 3.11. The van der Waals surface area contributed by atoms with E-state index in [-0.39, 0.29) is 24.4 Å². The summed E-state index contributed by atoms with van der Waals surface area (Å²) in [5.41, 5.74) is -0.672. The topological polar surface area (TPSA) is 93.1 Å². The van der Waals surface area contributed by atoms with Crippen LogP contribution in [0, 0.1) is 11.3 Å². The Morgan fingerprint density at radius 1 is 1.50 bits per heavy atom. The Balaban J connectivity index is 2.09. The first kappa shape index (κ1) is 11.1. The molecule has 0 spiro atoms. The number of hydrogen-bond acceptors (Lipinski definition) is 5. The quantitative estimate of drug-likeness (QED) is 0.541. The number of cyclic esters (lactones) is 1. The number of hydrogen-bond donors (Lipinski definition) is 2. The van der Waals surface area contributed by atoms with E-state index in [1.54, 1.807) is 0 Å². The SMILES string of the molecule is O=C1OC[C@@]23C=CC[C@@H](C(C(=O)O)=C(O)C2)[C@H]3O1. The predicted molar refractivity (Wildman–Crippen MR) is 57.8 cm³/mol. The van der Waals surface area contributed by atoms with Gasteiger partial charge in [0, 0.05) is 12.3 Å². The van der Waals surface area contributed by atoms with Crippen LogP contribution >= 0.6 is 0 Å². The Morgan fingerprint density at radius 3 is 3.00 bits per heavy atom. The summed E-state index contributed by atoms with van der Waals surface area (Å²) in [6.07, 6.45) is 2.94. The van der Waals surface area contributed by atoms with Crippen LogP contribution in [-0.4, -0.2) is 35.0 Å². The van der Waals surface area contributed by atoms with E-state index in [2.05, 4.69) is 0 Å². The molecule has 1 fully saturated rings. The molecule has 0 unspecified atom stereocenters. The molecule has 1 heterocycles. The molecular weight excluding hydrogens is 240 g/mol. The van der Waals surface area contributed by atoms with E-state index >= 15 is 0 Å². The zero-order valence-corrected chi connectivity index (χ0v) is 9.46. The standard InChI is InChI=1S/C12H12O6/c13-7-4-12-3-1-2-6(8(7)10(14)15)9(12)18-11(16)17-5-12/h1,3,6,9,13H,2,4-5H2,(H,14,15)/t6-,9+,12+/m0/s1. The number of ether oxygens (including phenoxy) is 2. The van der Waals surface area contributed by atoms with E-state index in [9.17, 15) is 14.7 Å². The van der Waals surface area contributed by atoms with Crippen LogP contribution in [0.15, 0.2) is 23.5 Å². The summed E-state index contributed by atoms with van der Waals surface area (Å²) in [5.74, 6) is -1.81. The minimum Gasteiger partial charge on any atom is -0.512 e. The molecule has 1 aliphatic heterocycles. The van der Waals surface area contributed by atoms with Gasteiger partial charge in [-0.3, -0.25) is 0 Å². The summed E-state index contributed by atoms with van der Waals surface area (Å²) >= 11 is 0. The van der Waals surface area contributed by atoms with Gasteiger partial charge in [0.2, 0.25) is 0 Å². The first-order valence-electron chi connectivity index (χ1n) is 5.70. The molecule has 0 aromatic heterocycles. The fourth-order valence-electron chi connectivity index (χ4n) is 3.11. The zero-order chi connectivity index (χ0) is 12.9. The lowest BCUT2D eigenvalue weighted by Gasteiger charge is -2.48. The molecule has 2 bridgehead atoms. The summed E-state index contributed by atoms with van der Waals surface area (Å²) in [4.78, 5) is 22.4. The van der Waals surface area contributed by atoms with Crippen LogP contribution in [0.5, 0.6) is 0 Å². The van der Waals surface area contributed by atoms with E-state index in [1.807, 2.05) is 12.2 Å². The molecule has 6 heteroatoms. The van der Waals surface area contributed by atoms with Gasteiger partial charge in [-0.25, -0.2) is 9.59 Å². The van der Waals surface area contributed by atoms with Gasteiger partial charge < -0.3 is 19.7 Å². The van der Waals surface area contributed by atoms with Crippen molar-refractivity contribution in [2.45, 2.75) is 18.9 Å². The van der Waals surface area contributed by atoms with Gasteiger partial charge in [-0.2, -0.15) is 0 Å². The van der Waals surface area contributed by atoms with E-state index in [4.69, 9.17) is 14.6 Å². The molecule has 0 radical (unpaired) electrons. The third-order valence-corrected chi connectivity index (χ3v) is 3.86. The molecule has 2 N–H and O–H groups in total. The maximum Gasteiger partial charge on any atom is 0.508 e. The molecule has 0 saturated carbocycles. The van der Waals surface area contributed by atoms with Crippen molar-refractivity contribution in [1.82, 2.24) is 0 Å². The van der Waals surface area contributed by atoms with Gasteiger partial charge in [-0.1, -0.05) is 12.2 Å². The zero-order valence-electron chi connectivity index (χ0n) is 9.46. The lowest BCUT2D eigenvalue weighted by molar-refractivity contribution is -0.141. The van der Waals surface area contributed by atoms with Gasteiger partial charge in [-0.05, 0) is 6.42 Å². The van der Waals surface area contributed by atoms with E-state index < -0.39 is 29.6 Å². The maximum absolute atomic E-state index is 11.2. The molecule has 1 saturated heterocycles. The monoisotopic (exact) mass is 252 g/mol. The molecule has 0 aromatic carbocycles. The van der Waals surface area contributed by atoms with Crippen molar-refractivity contribution in [1.29, 1.82) is 0 Å². The third kappa shape index (κ3) is 1.35. The second kappa shape index (κ2) is 3.51. The number of rotatable bonds is 1. The number of aliphatic hydroxyl groups excluding tert-OH is 1. The van der Waals surface area contributed by atoms with Gasteiger partial charge in [0.05, 0.1) is 11.0 Å². The molecule has 0 amide bonds. The van der Waals surface area contributed by atoms with Crippen LogP contribution in [-0.2, 0) is 14.3 Å². The van der Waals surface area contributed by atoms with Crippen LogP contribution in [0.3, 0.4) is 0 Å². The molecule has 0 aromatic rings. The summed E-state index contributed by atoms with van der Waals surface area (Å²) in [5, 5.41) is 19.1. The van der Waals surface area contributed by atoms with Crippen LogP contribution in [0.4, 0.5) is 4.79 Å². The first-order valence-corrected chi connectivity index (χ1v) is 5.70. The minimum absolute atomic E-state index is 0.0466. The number of carbonyl (C=O) groups excluding carboxylic acids is 1. The Morgan fingerprint density at radius 2 is 2.28 bits per heavy atom. The molecular formula is C12H12O6. The number of carboxylic acid groups (broad SMARTS) is 1. The summed E-state index contributed by atoms with van der Waals surface area (Å²) < 4.78 is 10.0. The van der Waals surface area contributed by atoms with Crippen molar-refractivity contribution in [2.24, 2.45) is 11.3 Å². The highest BCUT2D eigenvalue weighted by molar-refractivity contribution is 5.88. The molecule has 3 rings (SSSR count). The van der Waals surface area contributed by atoms with E-state index in [0.717, 1.165) is 0 Å². The lowest BCUT2D eigenvalue weighted by atomic mass is 9.63. The number of allylic oxidation sites excluding steroid dienone is 2. The third-order valence-electron chi connectivity index (χ3n) is 3.86. The molecule has 2 aliphatic carbocycles. The van der Waals surface area contributed by atoms with Crippen LogP contribution in [0.2, 0.25) is 0 Å². The van der Waals surface area contributed by atoms with E-state index in [0.29, 0.717) is 6.42 Å². The molecule has 6 nitrogen and oxygen atoms in total. The van der Waals surface area contributed by atoms with Crippen molar-refractivity contribution >= 4 is 12.1 Å². The average Bonchev–Trinajstić information content (AvgIpc) is 2.28. The van der Waals surface area contributed by atoms with Gasteiger partial charge in [-0.15, -0.1) is 0 Å².